The summed E-state index contributed by atoms with van der Waals surface area (Å²) in [5.41, 5.74) is 1.56. The summed E-state index contributed by atoms with van der Waals surface area (Å²) < 4.78 is 0. The van der Waals surface area contributed by atoms with Crippen LogP contribution in [0.5, 0.6) is 0 Å². The van der Waals surface area contributed by atoms with Crippen LogP contribution in [-0.4, -0.2) is 10.9 Å². The summed E-state index contributed by atoms with van der Waals surface area (Å²) in [5.74, 6) is -0.0656. The summed E-state index contributed by atoms with van der Waals surface area (Å²) in [7, 11) is 0. The molecule has 2 heterocycles. The number of nitrogens with one attached hydrogen (secondary N) is 1. The van der Waals surface area contributed by atoms with Crippen molar-refractivity contribution < 1.29 is 4.79 Å². The summed E-state index contributed by atoms with van der Waals surface area (Å²) in [4.78, 5) is 14.8. The number of nitrogens with zero attached hydrogens (tertiary/aromatic N) is 1. The molecule has 0 saturated carbocycles. The van der Waals surface area contributed by atoms with Crippen LogP contribution in [0.2, 0.25) is 5.15 Å². The molecule has 0 bridgehead atoms. The Morgan fingerprint density at radius 3 is 3.27 bits per heavy atom. The molecule has 1 aromatic rings. The maximum absolute atomic E-state index is 11.0. The van der Waals surface area contributed by atoms with Crippen molar-refractivity contribution in [3.05, 3.63) is 28.5 Å². The fourth-order valence-electron chi connectivity index (χ4n) is 1.09. The molecular formula is C7H5ClN2O. The van der Waals surface area contributed by atoms with Gasteiger partial charge in [-0.1, -0.05) is 11.6 Å². The fraction of sp³-hybridized carbons (Fsp3) is 0.143. The van der Waals surface area contributed by atoms with E-state index in [1.54, 1.807) is 6.07 Å². The highest BCUT2D eigenvalue weighted by atomic mass is 35.5. The number of hydrogen-bond acceptors (Lipinski definition) is 2. The largest absolute Gasteiger partial charge is 0.348 e. The van der Waals surface area contributed by atoms with Crippen LogP contribution in [0.4, 0.5) is 0 Å². The van der Waals surface area contributed by atoms with Gasteiger partial charge in [-0.15, -0.1) is 0 Å². The normalized spacial score (nSPS) is 14.5. The molecule has 0 spiro atoms. The third kappa shape index (κ3) is 0.973. The highest BCUT2D eigenvalue weighted by Crippen LogP contribution is 2.16. The van der Waals surface area contributed by atoms with Crippen LogP contribution in [0.1, 0.15) is 15.9 Å². The Bertz CT molecular complexity index is 324. The Balaban J connectivity index is 2.59. The number of hydrogen-bond donors (Lipinski definition) is 1. The lowest BCUT2D eigenvalue weighted by Crippen LogP contribution is -2.12. The number of amides is 1. The van der Waals surface area contributed by atoms with Crippen molar-refractivity contribution in [1.29, 1.82) is 0 Å². The summed E-state index contributed by atoms with van der Waals surface area (Å²) in [6.07, 6.45) is 1.50. The van der Waals surface area contributed by atoms with Gasteiger partial charge >= 0.3 is 0 Å². The zero-order valence-electron chi connectivity index (χ0n) is 5.60. The van der Waals surface area contributed by atoms with E-state index in [9.17, 15) is 4.79 Å². The predicted molar refractivity (Wildman–Crippen MR) is 40.4 cm³/mol. The third-order valence-electron chi connectivity index (χ3n) is 1.64. The number of rotatable bonds is 0. The molecule has 0 unspecified atom stereocenters. The van der Waals surface area contributed by atoms with Gasteiger partial charge in [0.1, 0.15) is 5.15 Å². The van der Waals surface area contributed by atoms with Crippen molar-refractivity contribution in [2.75, 3.05) is 0 Å². The molecule has 0 aromatic carbocycles. The van der Waals surface area contributed by atoms with Gasteiger partial charge in [-0.3, -0.25) is 4.79 Å². The smallest absolute Gasteiger partial charge is 0.253 e. The van der Waals surface area contributed by atoms with Crippen LogP contribution in [0, 0.1) is 0 Å². The maximum atomic E-state index is 11.0. The molecule has 0 atom stereocenters. The second kappa shape index (κ2) is 2.20. The Labute approximate surface area is 68.4 Å². The molecule has 1 aliphatic rings. The molecule has 1 aromatic heterocycles. The van der Waals surface area contributed by atoms with Gasteiger partial charge < -0.3 is 5.32 Å². The van der Waals surface area contributed by atoms with Crippen LogP contribution in [0.25, 0.3) is 0 Å². The first-order valence-electron chi connectivity index (χ1n) is 3.20. The minimum atomic E-state index is -0.0656. The quantitative estimate of drug-likeness (QED) is 0.587. The second-order valence-electron chi connectivity index (χ2n) is 2.35. The first-order chi connectivity index (χ1) is 5.27. The molecular weight excluding hydrogens is 164 g/mol. The minimum Gasteiger partial charge on any atom is -0.348 e. The number of pyridine rings is 1. The average molecular weight is 169 g/mol. The number of carbonyl (C=O) groups excluding carboxylic acids is 1. The van der Waals surface area contributed by atoms with Gasteiger partial charge in [0.05, 0.1) is 5.56 Å². The van der Waals surface area contributed by atoms with Gasteiger partial charge in [0, 0.05) is 12.7 Å². The van der Waals surface area contributed by atoms with Crippen molar-refractivity contribution in [2.45, 2.75) is 6.54 Å². The lowest BCUT2D eigenvalue weighted by Gasteiger charge is -1.93. The van der Waals surface area contributed by atoms with Crippen molar-refractivity contribution in [1.82, 2.24) is 10.3 Å². The molecule has 0 saturated heterocycles. The fourth-order valence-corrected chi connectivity index (χ4v) is 1.27. The minimum absolute atomic E-state index is 0.0656. The molecule has 1 aliphatic heterocycles. The van der Waals surface area contributed by atoms with Gasteiger partial charge in [0.2, 0.25) is 0 Å². The Morgan fingerprint density at radius 1 is 1.64 bits per heavy atom. The number of aromatic nitrogens is 1. The lowest BCUT2D eigenvalue weighted by atomic mass is 10.2. The van der Waals surface area contributed by atoms with Crippen LogP contribution in [-0.2, 0) is 6.54 Å². The lowest BCUT2D eigenvalue weighted by molar-refractivity contribution is 0.0965. The summed E-state index contributed by atoms with van der Waals surface area (Å²) >= 11 is 5.62. The molecule has 0 aliphatic carbocycles. The zero-order chi connectivity index (χ0) is 7.84. The van der Waals surface area contributed by atoms with Crippen LogP contribution >= 0.6 is 11.6 Å². The monoisotopic (exact) mass is 168 g/mol. The Kier molecular flexibility index (Phi) is 1.32. The molecule has 1 amide bonds. The van der Waals surface area contributed by atoms with Gasteiger partial charge in [0.25, 0.3) is 5.91 Å². The topological polar surface area (TPSA) is 42.0 Å². The summed E-state index contributed by atoms with van der Waals surface area (Å²) in [6, 6.07) is 1.70. The maximum Gasteiger partial charge on any atom is 0.253 e. The van der Waals surface area contributed by atoms with Crippen molar-refractivity contribution in [3.63, 3.8) is 0 Å². The van der Waals surface area contributed by atoms with Gasteiger partial charge in [0.15, 0.2) is 0 Å². The van der Waals surface area contributed by atoms with E-state index >= 15 is 0 Å². The Hall–Kier alpha value is -1.09. The zero-order valence-corrected chi connectivity index (χ0v) is 6.35. The number of fused-ring (bicyclic) bond motifs is 1. The van der Waals surface area contributed by atoms with Crippen molar-refractivity contribution in [3.8, 4) is 0 Å². The number of carbonyl (C=O) groups is 1. The molecule has 0 radical (unpaired) electrons. The van der Waals surface area contributed by atoms with E-state index in [2.05, 4.69) is 10.3 Å². The highest BCUT2D eigenvalue weighted by molar-refractivity contribution is 6.29. The molecule has 11 heavy (non-hydrogen) atoms. The van der Waals surface area contributed by atoms with Crippen LogP contribution in [0.3, 0.4) is 0 Å². The number of halogens is 1. The first kappa shape index (κ1) is 6.61. The predicted octanol–water partition coefficient (Wildman–Crippen LogP) is 0.978. The molecule has 4 heteroatoms. The van der Waals surface area contributed by atoms with Crippen LogP contribution < -0.4 is 5.32 Å². The molecule has 3 nitrogen and oxygen atoms in total. The SMILES string of the molecule is O=C1NCc2cc(Cl)ncc21. The molecule has 1 N–H and O–H groups in total. The Morgan fingerprint density at radius 2 is 2.45 bits per heavy atom. The van der Waals surface area contributed by atoms with Gasteiger partial charge in [-0.2, -0.15) is 0 Å². The van der Waals surface area contributed by atoms with Crippen molar-refractivity contribution >= 4 is 17.5 Å². The average Bonchev–Trinajstić information content (AvgIpc) is 2.32. The summed E-state index contributed by atoms with van der Waals surface area (Å²) in [5, 5.41) is 3.11. The molecule has 56 valence electrons. The third-order valence-corrected chi connectivity index (χ3v) is 1.85. The van der Waals surface area contributed by atoms with E-state index < -0.39 is 0 Å². The van der Waals surface area contributed by atoms with E-state index in [1.165, 1.54) is 6.20 Å². The van der Waals surface area contributed by atoms with Gasteiger partial charge in [-0.25, -0.2) is 4.98 Å². The van der Waals surface area contributed by atoms with Crippen molar-refractivity contribution in [2.24, 2.45) is 0 Å². The van der Waals surface area contributed by atoms with E-state index in [1.807, 2.05) is 0 Å². The standard InChI is InChI=1S/C7H5ClN2O/c8-6-1-4-2-10-7(11)5(4)3-9-6/h1,3H,2H2,(H,10,11). The van der Waals surface area contributed by atoms with Gasteiger partial charge in [-0.05, 0) is 11.6 Å². The first-order valence-corrected chi connectivity index (χ1v) is 3.58. The highest BCUT2D eigenvalue weighted by Gasteiger charge is 2.18. The second-order valence-corrected chi connectivity index (χ2v) is 2.73. The molecule has 2 rings (SSSR count). The summed E-state index contributed by atoms with van der Waals surface area (Å²) in [6.45, 7) is 0.566. The van der Waals surface area contributed by atoms with E-state index in [-0.39, 0.29) is 5.91 Å². The van der Waals surface area contributed by atoms with E-state index in [0.717, 1.165) is 5.56 Å². The van der Waals surface area contributed by atoms with E-state index in [0.29, 0.717) is 17.3 Å². The van der Waals surface area contributed by atoms with Crippen LogP contribution in [0.15, 0.2) is 12.3 Å². The van der Waals surface area contributed by atoms with E-state index in [4.69, 9.17) is 11.6 Å². The molecule has 0 fully saturated rings.